The predicted molar refractivity (Wildman–Crippen MR) is 30.8 cm³/mol. The summed E-state index contributed by atoms with van der Waals surface area (Å²) in [6.07, 6.45) is 6.72. The van der Waals surface area contributed by atoms with Crippen LogP contribution in [0.5, 0.6) is 0 Å². The van der Waals surface area contributed by atoms with Crippen LogP contribution in [0.25, 0.3) is 0 Å². The predicted octanol–water partition coefficient (Wildman–Crippen LogP) is -3.97. The second-order valence-electron chi connectivity index (χ2n) is 2.45. The SMILES string of the molecule is CC1[C-]=CC(C)C1.[Cl-].[Cl-].[Zr+3]. The average molecular weight is 257 g/mol. The molecule has 2 atom stereocenters. The van der Waals surface area contributed by atoms with Crippen LogP contribution in [0.4, 0.5) is 0 Å². The Bertz CT molecular complexity index is 83.6. The fourth-order valence-electron chi connectivity index (χ4n) is 1.02. The number of allylic oxidation sites excluding steroid dienone is 2. The average Bonchev–Trinajstić information content (AvgIpc) is 1.87. The summed E-state index contributed by atoms with van der Waals surface area (Å²) in [5.41, 5.74) is 0. The Morgan fingerprint density at radius 2 is 1.80 bits per heavy atom. The van der Waals surface area contributed by atoms with Crippen LogP contribution in [0.2, 0.25) is 0 Å². The number of hydrogen-bond donors (Lipinski definition) is 0. The van der Waals surface area contributed by atoms with Gasteiger partial charge in [-0.15, -0.1) is 0 Å². The maximum atomic E-state index is 3.24. The summed E-state index contributed by atoms with van der Waals surface area (Å²) < 4.78 is 0. The van der Waals surface area contributed by atoms with Crippen LogP contribution in [0, 0.1) is 17.9 Å². The van der Waals surface area contributed by atoms with E-state index >= 15 is 0 Å². The van der Waals surface area contributed by atoms with Gasteiger partial charge in [-0.3, -0.25) is 6.08 Å². The minimum Gasteiger partial charge on any atom is -1.00 e. The molecule has 2 unspecified atom stereocenters. The third kappa shape index (κ3) is 5.95. The molecule has 1 rings (SSSR count). The van der Waals surface area contributed by atoms with Crippen molar-refractivity contribution in [1.82, 2.24) is 0 Å². The minimum atomic E-state index is 0. The molecule has 0 bridgehead atoms. The van der Waals surface area contributed by atoms with Gasteiger partial charge in [0.05, 0.1) is 0 Å². The van der Waals surface area contributed by atoms with E-state index in [0.29, 0.717) is 0 Å². The van der Waals surface area contributed by atoms with Crippen LogP contribution < -0.4 is 24.8 Å². The van der Waals surface area contributed by atoms with Gasteiger partial charge < -0.3 is 30.9 Å². The first-order chi connectivity index (χ1) is 3.29. The van der Waals surface area contributed by atoms with Gasteiger partial charge in [-0.2, -0.15) is 5.92 Å². The standard InChI is InChI=1S/C7H11.2ClH.Zr/c1-6-3-4-7(2)5-6;;;/h3,6-7H,5H2,1-2H3;2*1H;/q-1;;;+3/p-2. The third-order valence-corrected chi connectivity index (χ3v) is 1.39. The van der Waals surface area contributed by atoms with Crippen molar-refractivity contribution in [1.29, 1.82) is 0 Å². The number of rotatable bonds is 0. The van der Waals surface area contributed by atoms with Gasteiger partial charge in [-0.05, 0) is 0 Å². The first kappa shape index (κ1) is 17.3. The summed E-state index contributed by atoms with van der Waals surface area (Å²) in [4.78, 5) is 0. The normalized spacial score (nSPS) is 27.8. The van der Waals surface area contributed by atoms with E-state index < -0.39 is 0 Å². The molecule has 1 radical (unpaired) electrons. The van der Waals surface area contributed by atoms with E-state index in [0.717, 1.165) is 11.8 Å². The quantitative estimate of drug-likeness (QED) is 0.388. The molecule has 0 aromatic carbocycles. The van der Waals surface area contributed by atoms with Crippen molar-refractivity contribution >= 4 is 0 Å². The van der Waals surface area contributed by atoms with Crippen LogP contribution in [-0.4, -0.2) is 0 Å². The Labute approximate surface area is 94.8 Å². The van der Waals surface area contributed by atoms with Crippen molar-refractivity contribution in [3.63, 3.8) is 0 Å². The number of hydrogen-bond acceptors (Lipinski definition) is 0. The molecule has 0 nitrogen and oxygen atoms in total. The van der Waals surface area contributed by atoms with Gasteiger partial charge in [0, 0.05) is 0 Å². The Kier molecular flexibility index (Phi) is 14.4. The molecule has 0 aromatic rings. The molecular weight excluding hydrogens is 246 g/mol. The molecule has 1 aliphatic carbocycles. The molecular formula is C7H11Cl2Zr. The molecule has 57 valence electrons. The molecule has 0 spiro atoms. The van der Waals surface area contributed by atoms with Crippen LogP contribution in [-0.2, 0) is 26.2 Å². The fourth-order valence-corrected chi connectivity index (χ4v) is 1.02. The Morgan fingerprint density at radius 3 is 1.90 bits per heavy atom. The maximum absolute atomic E-state index is 3.24. The van der Waals surface area contributed by atoms with E-state index in [4.69, 9.17) is 0 Å². The van der Waals surface area contributed by atoms with Crippen molar-refractivity contribution in [2.24, 2.45) is 11.8 Å². The van der Waals surface area contributed by atoms with E-state index in [-0.39, 0.29) is 51.0 Å². The van der Waals surface area contributed by atoms with Gasteiger partial charge in [0.2, 0.25) is 0 Å². The monoisotopic (exact) mass is 255 g/mol. The van der Waals surface area contributed by atoms with E-state index in [1.807, 2.05) is 0 Å². The van der Waals surface area contributed by atoms with Crippen molar-refractivity contribution < 1.29 is 51.0 Å². The second-order valence-corrected chi connectivity index (χ2v) is 2.45. The third-order valence-electron chi connectivity index (χ3n) is 1.39. The Balaban J connectivity index is -0.000000163. The number of halogens is 2. The van der Waals surface area contributed by atoms with Gasteiger partial charge >= 0.3 is 26.2 Å². The zero-order chi connectivity index (χ0) is 5.28. The zero-order valence-electron chi connectivity index (χ0n) is 6.20. The molecule has 0 saturated carbocycles. The molecule has 10 heavy (non-hydrogen) atoms. The second kappa shape index (κ2) is 8.30. The maximum Gasteiger partial charge on any atom is 3.00 e. The minimum absolute atomic E-state index is 0. The van der Waals surface area contributed by atoms with Crippen LogP contribution >= 0.6 is 0 Å². The Hall–Kier alpha value is 1.20. The molecule has 1 aliphatic rings. The fraction of sp³-hybridized carbons (Fsp3) is 0.714. The van der Waals surface area contributed by atoms with Gasteiger partial charge in [0.25, 0.3) is 0 Å². The van der Waals surface area contributed by atoms with Crippen LogP contribution in [0.1, 0.15) is 20.3 Å². The zero-order valence-corrected chi connectivity index (χ0v) is 10.2. The molecule has 0 fully saturated rings. The Morgan fingerprint density at radius 1 is 1.30 bits per heavy atom. The molecule has 0 amide bonds. The van der Waals surface area contributed by atoms with Gasteiger partial charge in [0.1, 0.15) is 0 Å². The van der Waals surface area contributed by atoms with E-state index in [1.54, 1.807) is 0 Å². The molecule has 0 saturated heterocycles. The molecule has 0 N–H and O–H groups in total. The largest absolute Gasteiger partial charge is 3.00 e. The molecule has 3 heteroatoms. The summed E-state index contributed by atoms with van der Waals surface area (Å²) in [5.74, 6) is 1.50. The van der Waals surface area contributed by atoms with E-state index in [1.165, 1.54) is 6.42 Å². The van der Waals surface area contributed by atoms with Crippen molar-refractivity contribution in [3.8, 4) is 0 Å². The van der Waals surface area contributed by atoms with Gasteiger partial charge in [0.15, 0.2) is 0 Å². The summed E-state index contributed by atoms with van der Waals surface area (Å²) >= 11 is 0. The summed E-state index contributed by atoms with van der Waals surface area (Å²) in [6, 6.07) is 0. The molecule has 0 aromatic heterocycles. The first-order valence-electron chi connectivity index (χ1n) is 2.88. The van der Waals surface area contributed by atoms with E-state index in [2.05, 4.69) is 26.0 Å². The van der Waals surface area contributed by atoms with Gasteiger partial charge in [-0.1, -0.05) is 26.2 Å². The summed E-state index contributed by atoms with van der Waals surface area (Å²) in [7, 11) is 0. The summed E-state index contributed by atoms with van der Waals surface area (Å²) in [6.45, 7) is 4.44. The topological polar surface area (TPSA) is 0 Å². The van der Waals surface area contributed by atoms with Crippen molar-refractivity contribution in [2.75, 3.05) is 0 Å². The van der Waals surface area contributed by atoms with Crippen molar-refractivity contribution in [3.05, 3.63) is 12.2 Å². The smallest absolute Gasteiger partial charge is 1.00 e. The molecule has 0 heterocycles. The van der Waals surface area contributed by atoms with Gasteiger partial charge in [-0.25, -0.2) is 0 Å². The molecule has 0 aliphatic heterocycles. The first-order valence-corrected chi connectivity index (χ1v) is 2.88. The van der Waals surface area contributed by atoms with Crippen LogP contribution in [0.3, 0.4) is 0 Å². The van der Waals surface area contributed by atoms with Crippen LogP contribution in [0.15, 0.2) is 6.08 Å². The summed E-state index contributed by atoms with van der Waals surface area (Å²) in [5, 5.41) is 0. The van der Waals surface area contributed by atoms with E-state index in [9.17, 15) is 0 Å². The van der Waals surface area contributed by atoms with Crippen molar-refractivity contribution in [2.45, 2.75) is 20.3 Å².